The predicted octanol–water partition coefficient (Wildman–Crippen LogP) is 3.83. The maximum absolute atomic E-state index is 12.5. The SMILES string of the molecule is Cc1cc(C)nc(-n2nc(C)c(CC(=O)NCc3ccc(COCC(F)(F)F)cc3)c2C)n1. The first-order chi connectivity index (χ1) is 15.5. The molecule has 0 spiro atoms. The van der Waals surface area contributed by atoms with E-state index in [1.807, 2.05) is 33.8 Å². The molecule has 0 saturated carbocycles. The second-order valence-corrected chi connectivity index (χ2v) is 7.89. The summed E-state index contributed by atoms with van der Waals surface area (Å²) in [5.74, 6) is 0.304. The van der Waals surface area contributed by atoms with E-state index in [-0.39, 0.29) is 18.9 Å². The molecule has 1 aromatic carbocycles. The van der Waals surface area contributed by atoms with Crippen LogP contribution in [0.5, 0.6) is 0 Å². The van der Waals surface area contributed by atoms with Crippen LogP contribution in [0.1, 0.15) is 39.5 Å². The van der Waals surface area contributed by atoms with Gasteiger partial charge in [0.2, 0.25) is 5.91 Å². The topological polar surface area (TPSA) is 81.9 Å². The van der Waals surface area contributed by atoms with Gasteiger partial charge < -0.3 is 10.1 Å². The lowest BCUT2D eigenvalue weighted by Crippen LogP contribution is -2.25. The minimum atomic E-state index is -4.34. The van der Waals surface area contributed by atoms with Crippen molar-refractivity contribution in [3.05, 3.63) is 69.8 Å². The highest BCUT2D eigenvalue weighted by Crippen LogP contribution is 2.18. The lowest BCUT2D eigenvalue weighted by molar-refractivity contribution is -0.176. The Kier molecular flexibility index (Phi) is 7.47. The summed E-state index contributed by atoms with van der Waals surface area (Å²) in [7, 11) is 0. The molecule has 176 valence electrons. The average Bonchev–Trinajstić information content (AvgIpc) is 3.00. The highest BCUT2D eigenvalue weighted by atomic mass is 19.4. The first kappa shape index (κ1) is 24.4. The van der Waals surface area contributed by atoms with Gasteiger partial charge in [0.25, 0.3) is 5.95 Å². The molecule has 0 fully saturated rings. The van der Waals surface area contributed by atoms with Gasteiger partial charge in [-0.1, -0.05) is 24.3 Å². The number of carbonyl (C=O) groups excluding carboxylic acids is 1. The largest absolute Gasteiger partial charge is 0.411 e. The smallest absolute Gasteiger partial charge is 0.367 e. The van der Waals surface area contributed by atoms with Crippen LogP contribution in [0.4, 0.5) is 13.2 Å². The van der Waals surface area contributed by atoms with Crippen LogP contribution in [-0.2, 0) is 29.1 Å². The molecule has 3 aromatic rings. The van der Waals surface area contributed by atoms with Crippen molar-refractivity contribution in [2.45, 2.75) is 53.4 Å². The summed E-state index contributed by atoms with van der Waals surface area (Å²) in [6, 6.07) is 8.74. The van der Waals surface area contributed by atoms with Crippen LogP contribution in [0.25, 0.3) is 5.95 Å². The van der Waals surface area contributed by atoms with Crippen molar-refractivity contribution in [3.63, 3.8) is 0 Å². The molecule has 2 heterocycles. The molecule has 3 rings (SSSR count). The molecule has 0 radical (unpaired) electrons. The first-order valence-electron chi connectivity index (χ1n) is 10.4. The second kappa shape index (κ2) is 10.1. The fourth-order valence-electron chi connectivity index (χ4n) is 3.39. The zero-order chi connectivity index (χ0) is 24.2. The number of nitrogens with zero attached hydrogens (tertiary/aromatic N) is 4. The predicted molar refractivity (Wildman–Crippen MR) is 116 cm³/mol. The molecule has 2 aromatic heterocycles. The van der Waals surface area contributed by atoms with E-state index < -0.39 is 12.8 Å². The van der Waals surface area contributed by atoms with E-state index >= 15 is 0 Å². The number of carbonyl (C=O) groups is 1. The van der Waals surface area contributed by atoms with Gasteiger partial charge in [-0.25, -0.2) is 14.6 Å². The Morgan fingerprint density at radius 3 is 2.24 bits per heavy atom. The van der Waals surface area contributed by atoms with Gasteiger partial charge in [-0.2, -0.15) is 18.3 Å². The van der Waals surface area contributed by atoms with Crippen molar-refractivity contribution < 1.29 is 22.7 Å². The summed E-state index contributed by atoms with van der Waals surface area (Å²) >= 11 is 0. The molecule has 0 saturated heterocycles. The summed E-state index contributed by atoms with van der Waals surface area (Å²) < 4.78 is 42.7. The summed E-state index contributed by atoms with van der Waals surface area (Å²) in [6.07, 6.45) is -4.19. The molecule has 10 heteroatoms. The fourth-order valence-corrected chi connectivity index (χ4v) is 3.39. The van der Waals surface area contributed by atoms with Crippen molar-refractivity contribution in [1.29, 1.82) is 0 Å². The van der Waals surface area contributed by atoms with E-state index in [0.717, 1.165) is 33.9 Å². The first-order valence-corrected chi connectivity index (χ1v) is 10.4. The van der Waals surface area contributed by atoms with Gasteiger partial charge >= 0.3 is 6.18 Å². The third-order valence-corrected chi connectivity index (χ3v) is 4.99. The number of nitrogens with one attached hydrogen (secondary N) is 1. The molecule has 0 atom stereocenters. The molecule has 1 N–H and O–H groups in total. The number of aromatic nitrogens is 4. The third-order valence-electron chi connectivity index (χ3n) is 4.99. The minimum absolute atomic E-state index is 0.126. The lowest BCUT2D eigenvalue weighted by Gasteiger charge is -2.09. The van der Waals surface area contributed by atoms with E-state index in [1.54, 1.807) is 28.9 Å². The summed E-state index contributed by atoms with van der Waals surface area (Å²) in [4.78, 5) is 21.4. The zero-order valence-electron chi connectivity index (χ0n) is 19.0. The van der Waals surface area contributed by atoms with Gasteiger partial charge in [0.1, 0.15) is 6.61 Å². The standard InChI is InChI=1S/C23H26F3N5O2/c1-14-9-15(2)29-22(28-14)31-17(4)20(16(3)30-31)10-21(32)27-11-18-5-7-19(8-6-18)12-33-13-23(24,25)26/h5-9H,10-13H2,1-4H3,(H,27,32). The van der Waals surface area contributed by atoms with Crippen LogP contribution < -0.4 is 5.32 Å². The van der Waals surface area contributed by atoms with Crippen LogP contribution in [0.15, 0.2) is 30.3 Å². The van der Waals surface area contributed by atoms with Crippen LogP contribution in [0.3, 0.4) is 0 Å². The van der Waals surface area contributed by atoms with E-state index in [0.29, 0.717) is 18.1 Å². The van der Waals surface area contributed by atoms with E-state index in [1.165, 1.54) is 0 Å². The number of ether oxygens (including phenoxy) is 1. The normalized spacial score (nSPS) is 11.6. The molecule has 0 unspecified atom stereocenters. The number of benzene rings is 1. The summed E-state index contributed by atoms with van der Waals surface area (Å²) in [5.41, 5.74) is 5.47. The minimum Gasteiger partial charge on any atom is -0.367 e. The second-order valence-electron chi connectivity index (χ2n) is 7.89. The summed E-state index contributed by atoms with van der Waals surface area (Å²) in [5, 5.41) is 7.38. The van der Waals surface area contributed by atoms with Gasteiger partial charge in [0.05, 0.1) is 18.7 Å². The molecule has 7 nitrogen and oxygen atoms in total. The number of rotatable bonds is 8. The number of hydrogen-bond acceptors (Lipinski definition) is 5. The van der Waals surface area contributed by atoms with Gasteiger partial charge in [0.15, 0.2) is 0 Å². The molecule has 0 aliphatic heterocycles. The highest BCUT2D eigenvalue weighted by molar-refractivity contribution is 5.79. The van der Waals surface area contributed by atoms with Crippen LogP contribution in [0, 0.1) is 27.7 Å². The van der Waals surface area contributed by atoms with Crippen molar-refractivity contribution >= 4 is 5.91 Å². The Morgan fingerprint density at radius 1 is 1.03 bits per heavy atom. The monoisotopic (exact) mass is 461 g/mol. The fraction of sp³-hybridized carbons (Fsp3) is 0.391. The number of amides is 1. The number of alkyl halides is 3. The summed E-state index contributed by atoms with van der Waals surface area (Å²) in [6.45, 7) is 6.39. The van der Waals surface area contributed by atoms with Crippen molar-refractivity contribution in [1.82, 2.24) is 25.1 Å². The molecule has 0 bridgehead atoms. The number of aryl methyl sites for hydroxylation is 3. The maximum atomic E-state index is 12.5. The zero-order valence-corrected chi connectivity index (χ0v) is 19.0. The third kappa shape index (κ3) is 6.85. The molecule has 1 amide bonds. The van der Waals surface area contributed by atoms with Gasteiger partial charge in [-0.15, -0.1) is 0 Å². The Labute approximate surface area is 190 Å². The lowest BCUT2D eigenvalue weighted by atomic mass is 10.1. The van der Waals surface area contributed by atoms with Crippen molar-refractivity contribution in [3.8, 4) is 5.95 Å². The van der Waals surface area contributed by atoms with Crippen LogP contribution in [0.2, 0.25) is 0 Å². The quantitative estimate of drug-likeness (QED) is 0.551. The van der Waals surface area contributed by atoms with Crippen LogP contribution in [-0.4, -0.2) is 38.4 Å². The Bertz CT molecular complexity index is 1100. The van der Waals surface area contributed by atoms with Crippen molar-refractivity contribution in [2.75, 3.05) is 6.61 Å². The Balaban J connectivity index is 1.57. The van der Waals surface area contributed by atoms with Gasteiger partial charge in [-0.3, -0.25) is 4.79 Å². The van der Waals surface area contributed by atoms with E-state index in [9.17, 15) is 18.0 Å². The van der Waals surface area contributed by atoms with Gasteiger partial charge in [-0.05, 0) is 44.9 Å². The Hall–Kier alpha value is -3.27. The highest BCUT2D eigenvalue weighted by Gasteiger charge is 2.27. The van der Waals surface area contributed by atoms with Crippen LogP contribution >= 0.6 is 0 Å². The molecule has 0 aliphatic rings. The molecular weight excluding hydrogens is 435 g/mol. The molecule has 33 heavy (non-hydrogen) atoms. The Morgan fingerprint density at radius 2 is 1.64 bits per heavy atom. The maximum Gasteiger partial charge on any atom is 0.411 e. The molecule has 0 aliphatic carbocycles. The number of hydrogen-bond donors (Lipinski definition) is 1. The van der Waals surface area contributed by atoms with E-state index in [4.69, 9.17) is 0 Å². The molecular formula is C23H26F3N5O2. The van der Waals surface area contributed by atoms with Gasteiger partial charge in [0, 0.05) is 29.2 Å². The van der Waals surface area contributed by atoms with Crippen molar-refractivity contribution in [2.24, 2.45) is 0 Å². The van der Waals surface area contributed by atoms with E-state index in [2.05, 4.69) is 25.1 Å². The average molecular weight is 461 g/mol. The number of halogens is 3.